The first kappa shape index (κ1) is 14.8. The average molecular weight is 258 g/mol. The van der Waals surface area contributed by atoms with E-state index < -0.39 is 23.7 Å². The van der Waals surface area contributed by atoms with Gasteiger partial charge in [-0.05, 0) is 33.6 Å². The Morgan fingerprint density at radius 1 is 1.33 bits per heavy atom. The van der Waals surface area contributed by atoms with Crippen LogP contribution >= 0.6 is 0 Å². The van der Waals surface area contributed by atoms with Gasteiger partial charge in [0.05, 0.1) is 7.11 Å². The molecule has 0 spiro atoms. The lowest BCUT2D eigenvalue weighted by Gasteiger charge is -2.37. The third-order valence-corrected chi connectivity index (χ3v) is 2.74. The summed E-state index contributed by atoms with van der Waals surface area (Å²) in [7, 11) is 1.30. The number of ether oxygens (including phenoxy) is 2. The summed E-state index contributed by atoms with van der Waals surface area (Å²) in [4.78, 5) is 25.1. The van der Waals surface area contributed by atoms with Crippen LogP contribution in [-0.2, 0) is 14.3 Å². The molecule has 2 N–H and O–H groups in total. The minimum atomic E-state index is -0.645. The van der Waals surface area contributed by atoms with Gasteiger partial charge in [0.25, 0.3) is 0 Å². The minimum absolute atomic E-state index is 0.0900. The zero-order valence-corrected chi connectivity index (χ0v) is 11.4. The molecule has 1 aliphatic heterocycles. The zero-order valence-electron chi connectivity index (χ0n) is 11.4. The van der Waals surface area contributed by atoms with Crippen LogP contribution in [0.2, 0.25) is 0 Å². The Kier molecular flexibility index (Phi) is 4.56. The van der Waals surface area contributed by atoms with Crippen LogP contribution < -0.4 is 5.73 Å². The topological polar surface area (TPSA) is 81.9 Å². The number of carbonyl (C=O) groups excluding carboxylic acids is 2. The molecule has 2 unspecified atom stereocenters. The predicted octanol–water partition coefficient (Wildman–Crippen LogP) is 0.886. The molecule has 2 atom stereocenters. The molecule has 1 fully saturated rings. The second-order valence-corrected chi connectivity index (χ2v) is 5.50. The van der Waals surface area contributed by atoms with E-state index in [-0.39, 0.29) is 6.04 Å². The molecule has 18 heavy (non-hydrogen) atoms. The zero-order chi connectivity index (χ0) is 13.9. The molecule has 0 radical (unpaired) electrons. The van der Waals surface area contributed by atoms with Crippen molar-refractivity contribution in [2.24, 2.45) is 5.73 Å². The standard InChI is InChI=1S/C12H22N2O4/c1-12(2,3)18-11(16)14-6-5-8(13)7-9(14)10(15)17-4/h8-9H,5-7,13H2,1-4H3. The second kappa shape index (κ2) is 5.56. The first-order valence-corrected chi connectivity index (χ1v) is 6.07. The summed E-state index contributed by atoms with van der Waals surface area (Å²) in [5.41, 5.74) is 5.23. The van der Waals surface area contributed by atoms with Crippen LogP contribution in [0.4, 0.5) is 4.79 Å². The van der Waals surface area contributed by atoms with Crippen LogP contribution in [0.1, 0.15) is 33.6 Å². The van der Waals surface area contributed by atoms with E-state index in [1.165, 1.54) is 12.0 Å². The number of likely N-dealkylation sites (tertiary alicyclic amines) is 1. The van der Waals surface area contributed by atoms with Crippen molar-refractivity contribution in [2.45, 2.75) is 51.3 Å². The summed E-state index contributed by atoms with van der Waals surface area (Å²) >= 11 is 0. The normalized spacial score (nSPS) is 24.6. The number of carbonyl (C=O) groups is 2. The Labute approximate surface area is 107 Å². The lowest BCUT2D eigenvalue weighted by Crippen LogP contribution is -2.54. The summed E-state index contributed by atoms with van der Waals surface area (Å²) in [5.74, 6) is -0.448. The summed E-state index contributed by atoms with van der Waals surface area (Å²) in [6, 6.07) is -0.735. The molecule has 1 heterocycles. The number of hydrogen-bond donors (Lipinski definition) is 1. The summed E-state index contributed by atoms with van der Waals surface area (Å²) in [6.45, 7) is 5.77. The molecule has 1 rings (SSSR count). The summed E-state index contributed by atoms with van der Waals surface area (Å²) in [6.07, 6.45) is 0.573. The Bertz CT molecular complexity index is 325. The van der Waals surface area contributed by atoms with E-state index in [1.807, 2.05) is 0 Å². The molecule has 104 valence electrons. The number of rotatable bonds is 1. The Morgan fingerprint density at radius 2 is 1.94 bits per heavy atom. The first-order valence-electron chi connectivity index (χ1n) is 6.07. The highest BCUT2D eigenvalue weighted by Crippen LogP contribution is 2.20. The number of nitrogens with two attached hydrogens (primary N) is 1. The van der Waals surface area contributed by atoms with Crippen molar-refractivity contribution in [3.8, 4) is 0 Å². The highest BCUT2D eigenvalue weighted by molar-refractivity contribution is 5.81. The molecule has 0 aliphatic carbocycles. The molecule has 0 aromatic heterocycles. The number of esters is 1. The highest BCUT2D eigenvalue weighted by Gasteiger charge is 2.37. The van der Waals surface area contributed by atoms with Gasteiger partial charge in [0.15, 0.2) is 0 Å². The highest BCUT2D eigenvalue weighted by atomic mass is 16.6. The Balaban J connectivity index is 2.77. The van der Waals surface area contributed by atoms with Gasteiger partial charge >= 0.3 is 12.1 Å². The van der Waals surface area contributed by atoms with Gasteiger partial charge in [-0.3, -0.25) is 4.90 Å². The maximum absolute atomic E-state index is 12.0. The van der Waals surface area contributed by atoms with Gasteiger partial charge in [0.2, 0.25) is 0 Å². The molecule has 6 heteroatoms. The van der Waals surface area contributed by atoms with Crippen molar-refractivity contribution in [1.29, 1.82) is 0 Å². The van der Waals surface area contributed by atoms with Crippen LogP contribution in [0.3, 0.4) is 0 Å². The third kappa shape index (κ3) is 3.87. The molecule has 1 aliphatic rings. The molecule has 0 saturated carbocycles. The van der Waals surface area contributed by atoms with Gasteiger partial charge in [0.1, 0.15) is 11.6 Å². The molecule has 1 saturated heterocycles. The first-order chi connectivity index (χ1) is 8.24. The van der Waals surface area contributed by atoms with E-state index in [9.17, 15) is 9.59 Å². The molecule has 0 aromatic carbocycles. The van der Waals surface area contributed by atoms with Crippen molar-refractivity contribution >= 4 is 12.1 Å². The maximum Gasteiger partial charge on any atom is 0.411 e. The van der Waals surface area contributed by atoms with E-state index >= 15 is 0 Å². The molecular formula is C12H22N2O4. The largest absolute Gasteiger partial charge is 0.467 e. The van der Waals surface area contributed by atoms with E-state index in [4.69, 9.17) is 15.2 Å². The van der Waals surface area contributed by atoms with E-state index in [0.29, 0.717) is 19.4 Å². The predicted molar refractivity (Wildman–Crippen MR) is 66.0 cm³/mol. The van der Waals surface area contributed by atoms with Gasteiger partial charge in [-0.2, -0.15) is 0 Å². The fraction of sp³-hybridized carbons (Fsp3) is 0.833. The number of methoxy groups -OCH3 is 1. The fourth-order valence-corrected chi connectivity index (χ4v) is 1.89. The summed E-state index contributed by atoms with van der Waals surface area (Å²) < 4.78 is 9.98. The van der Waals surface area contributed by atoms with Crippen LogP contribution in [0.15, 0.2) is 0 Å². The number of piperidine rings is 1. The summed E-state index contributed by atoms with van der Waals surface area (Å²) in [5, 5.41) is 0. The smallest absolute Gasteiger partial charge is 0.411 e. The van der Waals surface area contributed by atoms with Crippen molar-refractivity contribution in [2.75, 3.05) is 13.7 Å². The van der Waals surface area contributed by atoms with Crippen molar-refractivity contribution < 1.29 is 19.1 Å². The van der Waals surface area contributed by atoms with Crippen molar-refractivity contribution in [3.05, 3.63) is 0 Å². The van der Waals surface area contributed by atoms with Gasteiger partial charge < -0.3 is 15.2 Å². The fourth-order valence-electron chi connectivity index (χ4n) is 1.89. The van der Waals surface area contributed by atoms with Crippen molar-refractivity contribution in [3.63, 3.8) is 0 Å². The average Bonchev–Trinajstić information content (AvgIpc) is 2.25. The monoisotopic (exact) mass is 258 g/mol. The van der Waals surface area contributed by atoms with Gasteiger partial charge in [-0.15, -0.1) is 0 Å². The Morgan fingerprint density at radius 3 is 2.44 bits per heavy atom. The van der Waals surface area contributed by atoms with Gasteiger partial charge in [0, 0.05) is 12.6 Å². The molecule has 0 bridgehead atoms. The minimum Gasteiger partial charge on any atom is -0.467 e. The van der Waals surface area contributed by atoms with Crippen LogP contribution in [-0.4, -0.2) is 48.3 Å². The number of amides is 1. The van der Waals surface area contributed by atoms with Crippen LogP contribution in [0.25, 0.3) is 0 Å². The van der Waals surface area contributed by atoms with Gasteiger partial charge in [-0.1, -0.05) is 0 Å². The molecule has 1 amide bonds. The number of nitrogens with zero attached hydrogens (tertiary/aromatic N) is 1. The second-order valence-electron chi connectivity index (χ2n) is 5.50. The molecular weight excluding hydrogens is 236 g/mol. The molecule has 6 nitrogen and oxygen atoms in total. The van der Waals surface area contributed by atoms with Crippen molar-refractivity contribution in [1.82, 2.24) is 4.90 Å². The van der Waals surface area contributed by atoms with E-state index in [0.717, 1.165) is 0 Å². The molecule has 0 aromatic rings. The SMILES string of the molecule is COC(=O)C1CC(N)CCN1C(=O)OC(C)(C)C. The third-order valence-electron chi connectivity index (χ3n) is 2.74. The van der Waals surface area contributed by atoms with Crippen LogP contribution in [0, 0.1) is 0 Å². The van der Waals surface area contributed by atoms with Crippen LogP contribution in [0.5, 0.6) is 0 Å². The number of hydrogen-bond acceptors (Lipinski definition) is 5. The lowest BCUT2D eigenvalue weighted by atomic mass is 9.98. The van der Waals surface area contributed by atoms with E-state index in [2.05, 4.69) is 0 Å². The van der Waals surface area contributed by atoms with E-state index in [1.54, 1.807) is 20.8 Å². The quantitative estimate of drug-likeness (QED) is 0.706. The van der Waals surface area contributed by atoms with Gasteiger partial charge in [-0.25, -0.2) is 9.59 Å². The lowest BCUT2D eigenvalue weighted by molar-refractivity contribution is -0.148. The maximum atomic E-state index is 12.0. The Hall–Kier alpha value is -1.30.